The maximum absolute atomic E-state index is 5.67. The molecule has 0 aliphatic carbocycles. The summed E-state index contributed by atoms with van der Waals surface area (Å²) in [6.07, 6.45) is 1.63. The van der Waals surface area contributed by atoms with Crippen molar-refractivity contribution in [3.8, 4) is 23.2 Å². The number of rotatable bonds is 2. The van der Waals surface area contributed by atoms with Gasteiger partial charge in [0.05, 0.1) is 0 Å². The molecule has 92 valence electrons. The highest BCUT2D eigenvalue weighted by Crippen LogP contribution is 2.27. The van der Waals surface area contributed by atoms with Crippen molar-refractivity contribution in [1.82, 2.24) is 20.3 Å². The summed E-state index contributed by atoms with van der Waals surface area (Å²) in [7, 11) is 0. The first kappa shape index (κ1) is 10.1. The summed E-state index contributed by atoms with van der Waals surface area (Å²) >= 11 is 0. The molecule has 0 saturated carbocycles. The summed E-state index contributed by atoms with van der Waals surface area (Å²) in [5.41, 5.74) is 1.47. The molecule has 0 saturated heterocycles. The summed E-state index contributed by atoms with van der Waals surface area (Å²) < 4.78 is 10.8. The number of benzene rings is 1. The molecule has 6 heteroatoms. The highest BCUT2D eigenvalue weighted by Gasteiger charge is 2.14. The van der Waals surface area contributed by atoms with Gasteiger partial charge in [-0.05, 0) is 18.2 Å². The zero-order valence-electron chi connectivity index (χ0n) is 9.70. The van der Waals surface area contributed by atoms with Gasteiger partial charge in [-0.3, -0.25) is 5.10 Å². The minimum atomic E-state index is 0.382. The van der Waals surface area contributed by atoms with Crippen molar-refractivity contribution in [1.29, 1.82) is 0 Å². The summed E-state index contributed by atoms with van der Waals surface area (Å²) in [5.74, 6) is 1.38. The second-order valence-corrected chi connectivity index (χ2v) is 4.04. The number of aromatic amines is 1. The van der Waals surface area contributed by atoms with Gasteiger partial charge in [-0.1, -0.05) is 23.4 Å². The fourth-order valence-corrected chi connectivity index (χ4v) is 1.90. The molecule has 6 nitrogen and oxygen atoms in total. The number of hydrogen-bond acceptors (Lipinski definition) is 5. The standard InChI is InChI=1S/C13H8N4O2/c1-2-4-10-8(3-1)7-11(18-10)12-15-13(19-17-12)9-5-6-14-16-9/h1-7H,(H,14,16). The molecular weight excluding hydrogens is 244 g/mol. The molecule has 3 heterocycles. The lowest BCUT2D eigenvalue weighted by Gasteiger charge is -1.84. The largest absolute Gasteiger partial charge is 0.453 e. The van der Waals surface area contributed by atoms with Gasteiger partial charge in [-0.15, -0.1) is 0 Å². The molecule has 3 aromatic heterocycles. The molecule has 19 heavy (non-hydrogen) atoms. The Morgan fingerprint density at radius 2 is 2.05 bits per heavy atom. The quantitative estimate of drug-likeness (QED) is 0.593. The normalized spacial score (nSPS) is 11.2. The van der Waals surface area contributed by atoms with Crippen LogP contribution in [-0.4, -0.2) is 20.3 Å². The van der Waals surface area contributed by atoms with Crippen LogP contribution in [0.5, 0.6) is 0 Å². The van der Waals surface area contributed by atoms with E-state index in [-0.39, 0.29) is 0 Å². The molecule has 0 fully saturated rings. The summed E-state index contributed by atoms with van der Waals surface area (Å²) in [6.45, 7) is 0. The van der Waals surface area contributed by atoms with Crippen molar-refractivity contribution in [2.24, 2.45) is 0 Å². The average Bonchev–Trinajstić information content (AvgIpc) is 3.17. The Hall–Kier alpha value is -2.89. The van der Waals surface area contributed by atoms with Gasteiger partial charge in [0.15, 0.2) is 5.76 Å². The van der Waals surface area contributed by atoms with Crippen molar-refractivity contribution in [3.05, 3.63) is 42.6 Å². The molecule has 0 aliphatic rings. The predicted molar refractivity (Wildman–Crippen MR) is 67.1 cm³/mol. The fourth-order valence-electron chi connectivity index (χ4n) is 1.90. The molecule has 1 N–H and O–H groups in total. The third-order valence-corrected chi connectivity index (χ3v) is 2.80. The molecule has 1 aromatic carbocycles. The fraction of sp³-hybridized carbons (Fsp3) is 0. The van der Waals surface area contributed by atoms with Crippen molar-refractivity contribution in [2.45, 2.75) is 0 Å². The molecule has 0 radical (unpaired) electrons. The lowest BCUT2D eigenvalue weighted by atomic mass is 10.2. The molecule has 0 spiro atoms. The Labute approximate surface area is 107 Å². The van der Waals surface area contributed by atoms with E-state index in [0.29, 0.717) is 23.2 Å². The van der Waals surface area contributed by atoms with Crippen LogP contribution in [0, 0.1) is 0 Å². The Morgan fingerprint density at radius 3 is 2.89 bits per heavy atom. The van der Waals surface area contributed by atoms with Crippen LogP contribution in [0.4, 0.5) is 0 Å². The van der Waals surface area contributed by atoms with Gasteiger partial charge in [0.2, 0.25) is 5.82 Å². The molecule has 0 unspecified atom stereocenters. The van der Waals surface area contributed by atoms with E-state index < -0.39 is 0 Å². The minimum absolute atomic E-state index is 0.382. The zero-order chi connectivity index (χ0) is 12.7. The number of H-pyrrole nitrogens is 1. The summed E-state index contributed by atoms with van der Waals surface area (Å²) in [5, 5.41) is 11.5. The maximum Gasteiger partial charge on any atom is 0.276 e. The Bertz CT molecular complexity index is 796. The van der Waals surface area contributed by atoms with E-state index in [4.69, 9.17) is 8.94 Å². The van der Waals surface area contributed by atoms with Gasteiger partial charge in [0, 0.05) is 11.6 Å². The first-order chi connectivity index (χ1) is 9.40. The first-order valence-electron chi connectivity index (χ1n) is 5.72. The number of para-hydroxylation sites is 1. The minimum Gasteiger partial charge on any atom is -0.453 e. The van der Waals surface area contributed by atoms with Crippen molar-refractivity contribution in [3.63, 3.8) is 0 Å². The van der Waals surface area contributed by atoms with E-state index in [2.05, 4.69) is 20.3 Å². The lowest BCUT2D eigenvalue weighted by Crippen LogP contribution is -1.78. The molecular formula is C13H8N4O2. The topological polar surface area (TPSA) is 80.7 Å². The smallest absolute Gasteiger partial charge is 0.276 e. The van der Waals surface area contributed by atoms with Crippen LogP contribution in [0.15, 0.2) is 51.5 Å². The maximum atomic E-state index is 5.67. The number of nitrogens with zero attached hydrogens (tertiary/aromatic N) is 3. The number of hydrogen-bond donors (Lipinski definition) is 1. The van der Waals surface area contributed by atoms with Gasteiger partial charge in [-0.25, -0.2) is 0 Å². The second-order valence-electron chi connectivity index (χ2n) is 4.04. The monoisotopic (exact) mass is 252 g/mol. The van der Waals surface area contributed by atoms with Crippen LogP contribution in [0.1, 0.15) is 0 Å². The summed E-state index contributed by atoms with van der Waals surface area (Å²) in [6, 6.07) is 11.4. The Kier molecular flexibility index (Phi) is 2.02. The number of fused-ring (bicyclic) bond motifs is 1. The van der Waals surface area contributed by atoms with Crippen molar-refractivity contribution >= 4 is 11.0 Å². The molecule has 0 amide bonds. The molecule has 4 aromatic rings. The molecule has 0 atom stereocenters. The lowest BCUT2D eigenvalue weighted by molar-refractivity contribution is 0.429. The average molecular weight is 252 g/mol. The zero-order valence-corrected chi connectivity index (χ0v) is 9.70. The third-order valence-electron chi connectivity index (χ3n) is 2.80. The van der Waals surface area contributed by atoms with Crippen LogP contribution >= 0.6 is 0 Å². The van der Waals surface area contributed by atoms with Crippen molar-refractivity contribution < 1.29 is 8.94 Å². The van der Waals surface area contributed by atoms with Crippen LogP contribution in [0.3, 0.4) is 0 Å². The van der Waals surface area contributed by atoms with E-state index in [0.717, 1.165) is 11.0 Å². The Morgan fingerprint density at radius 1 is 1.11 bits per heavy atom. The van der Waals surface area contributed by atoms with Gasteiger partial charge in [-0.2, -0.15) is 10.1 Å². The second kappa shape index (κ2) is 3.81. The molecule has 0 bridgehead atoms. The summed E-state index contributed by atoms with van der Waals surface area (Å²) in [4.78, 5) is 4.28. The van der Waals surface area contributed by atoms with E-state index in [1.807, 2.05) is 30.3 Å². The van der Waals surface area contributed by atoms with Crippen LogP contribution in [-0.2, 0) is 0 Å². The molecule has 4 rings (SSSR count). The van der Waals surface area contributed by atoms with E-state index in [9.17, 15) is 0 Å². The Balaban J connectivity index is 1.80. The number of aromatic nitrogens is 4. The van der Waals surface area contributed by atoms with Gasteiger partial charge in [0.25, 0.3) is 5.89 Å². The van der Waals surface area contributed by atoms with Crippen molar-refractivity contribution in [2.75, 3.05) is 0 Å². The number of furan rings is 1. The van der Waals surface area contributed by atoms with E-state index in [1.54, 1.807) is 12.3 Å². The van der Waals surface area contributed by atoms with E-state index >= 15 is 0 Å². The molecule has 0 aliphatic heterocycles. The van der Waals surface area contributed by atoms with Gasteiger partial charge in [0.1, 0.15) is 11.3 Å². The predicted octanol–water partition coefficient (Wildman–Crippen LogP) is 2.87. The highest BCUT2D eigenvalue weighted by atomic mass is 16.5. The van der Waals surface area contributed by atoms with Crippen LogP contribution in [0.2, 0.25) is 0 Å². The van der Waals surface area contributed by atoms with E-state index in [1.165, 1.54) is 0 Å². The van der Waals surface area contributed by atoms with Crippen LogP contribution in [0.25, 0.3) is 34.1 Å². The highest BCUT2D eigenvalue weighted by molar-refractivity contribution is 5.81. The van der Waals surface area contributed by atoms with Crippen LogP contribution < -0.4 is 0 Å². The van der Waals surface area contributed by atoms with Gasteiger partial charge < -0.3 is 8.94 Å². The SMILES string of the molecule is c1ccc2oc(-c3noc(-c4ccn[nH]4)n3)cc2c1. The first-order valence-corrected chi connectivity index (χ1v) is 5.72. The number of nitrogens with one attached hydrogen (secondary N) is 1. The van der Waals surface area contributed by atoms with Gasteiger partial charge >= 0.3 is 0 Å². The third kappa shape index (κ3) is 1.61.